The first-order valence-electron chi connectivity index (χ1n) is 9.88. The molecule has 1 atom stereocenters. The molecule has 1 unspecified atom stereocenters. The number of carbonyl (C=O) groups is 1. The molecular weight excluding hydrogens is 373 g/mol. The van der Waals surface area contributed by atoms with Crippen LogP contribution in [-0.2, 0) is 13.5 Å². The summed E-state index contributed by atoms with van der Waals surface area (Å²) in [6.45, 7) is 3.42. The van der Waals surface area contributed by atoms with E-state index >= 15 is 0 Å². The molecule has 0 bridgehead atoms. The Kier molecular flexibility index (Phi) is 5.42. The van der Waals surface area contributed by atoms with Crippen LogP contribution in [0, 0.1) is 18.7 Å². The minimum Gasteiger partial charge on any atom is -0.337 e. The van der Waals surface area contributed by atoms with E-state index < -0.39 is 0 Å². The van der Waals surface area contributed by atoms with E-state index in [-0.39, 0.29) is 11.7 Å². The van der Waals surface area contributed by atoms with Gasteiger partial charge >= 0.3 is 0 Å². The highest BCUT2D eigenvalue weighted by atomic mass is 19.1. The predicted octanol–water partition coefficient (Wildman–Crippen LogP) is 3.40. The van der Waals surface area contributed by atoms with Crippen molar-refractivity contribution in [1.82, 2.24) is 24.8 Å². The number of rotatable bonds is 5. The van der Waals surface area contributed by atoms with Crippen LogP contribution in [0.2, 0.25) is 0 Å². The van der Waals surface area contributed by atoms with Gasteiger partial charge in [0, 0.05) is 37.8 Å². The van der Waals surface area contributed by atoms with Crippen molar-refractivity contribution in [3.8, 4) is 11.5 Å². The molecule has 1 aliphatic rings. The van der Waals surface area contributed by atoms with Crippen molar-refractivity contribution in [2.24, 2.45) is 13.0 Å². The van der Waals surface area contributed by atoms with E-state index in [1.807, 2.05) is 24.9 Å². The molecule has 3 aromatic rings. The van der Waals surface area contributed by atoms with Gasteiger partial charge in [-0.1, -0.05) is 5.16 Å². The fraction of sp³-hybridized carbons (Fsp3) is 0.429. The molecule has 3 heterocycles. The number of likely N-dealkylation sites (tertiary alicyclic amines) is 1. The molecule has 0 spiro atoms. The van der Waals surface area contributed by atoms with E-state index in [0.717, 1.165) is 38.0 Å². The van der Waals surface area contributed by atoms with Crippen LogP contribution in [0.4, 0.5) is 4.39 Å². The molecule has 8 heteroatoms. The van der Waals surface area contributed by atoms with Crippen molar-refractivity contribution >= 4 is 5.91 Å². The van der Waals surface area contributed by atoms with Gasteiger partial charge in [-0.15, -0.1) is 0 Å². The average Bonchev–Trinajstić information content (AvgIpc) is 3.33. The Hall–Kier alpha value is -3.03. The zero-order chi connectivity index (χ0) is 20.4. The number of carbonyl (C=O) groups excluding carboxylic acids is 1. The van der Waals surface area contributed by atoms with Gasteiger partial charge in [-0.2, -0.15) is 10.1 Å². The topological polar surface area (TPSA) is 77.1 Å². The Morgan fingerprint density at radius 3 is 2.83 bits per heavy atom. The highest BCUT2D eigenvalue weighted by molar-refractivity contribution is 5.92. The van der Waals surface area contributed by atoms with E-state index in [4.69, 9.17) is 4.52 Å². The van der Waals surface area contributed by atoms with Gasteiger partial charge in [0.05, 0.1) is 0 Å². The lowest BCUT2D eigenvalue weighted by atomic mass is 9.93. The van der Waals surface area contributed by atoms with Crippen molar-refractivity contribution in [3.63, 3.8) is 0 Å². The maximum absolute atomic E-state index is 13.1. The summed E-state index contributed by atoms with van der Waals surface area (Å²) < 4.78 is 20.1. The molecule has 0 saturated carbocycles. The zero-order valence-corrected chi connectivity index (χ0v) is 16.6. The first-order valence-corrected chi connectivity index (χ1v) is 9.88. The van der Waals surface area contributed by atoms with Crippen LogP contribution < -0.4 is 0 Å². The Balaban J connectivity index is 1.34. The lowest BCUT2D eigenvalue weighted by Gasteiger charge is -2.32. The van der Waals surface area contributed by atoms with Gasteiger partial charge in [-0.3, -0.25) is 9.48 Å². The van der Waals surface area contributed by atoms with Gasteiger partial charge in [0.2, 0.25) is 0 Å². The number of amides is 1. The average molecular weight is 397 g/mol. The number of hydrogen-bond acceptors (Lipinski definition) is 5. The normalized spacial score (nSPS) is 16.9. The van der Waals surface area contributed by atoms with Gasteiger partial charge in [-0.05, 0) is 62.4 Å². The summed E-state index contributed by atoms with van der Waals surface area (Å²) in [7, 11) is 1.84. The Morgan fingerprint density at radius 1 is 1.31 bits per heavy atom. The van der Waals surface area contributed by atoms with E-state index in [1.165, 1.54) is 12.1 Å². The largest absolute Gasteiger partial charge is 0.337 e. The molecule has 1 aromatic carbocycles. The third-order valence-electron chi connectivity index (χ3n) is 5.47. The summed E-state index contributed by atoms with van der Waals surface area (Å²) >= 11 is 0. The lowest BCUT2D eigenvalue weighted by Crippen LogP contribution is -2.40. The smallest absolute Gasteiger partial charge is 0.274 e. The van der Waals surface area contributed by atoms with E-state index in [1.54, 1.807) is 16.8 Å². The summed E-state index contributed by atoms with van der Waals surface area (Å²) in [5.74, 6) is 1.12. The van der Waals surface area contributed by atoms with Crippen molar-refractivity contribution in [2.45, 2.75) is 32.6 Å². The third kappa shape index (κ3) is 4.36. The number of hydrogen-bond donors (Lipinski definition) is 0. The number of aryl methyl sites for hydroxylation is 3. The molecular formula is C21H24FN5O2. The summed E-state index contributed by atoms with van der Waals surface area (Å²) in [6, 6.07) is 7.82. The zero-order valence-electron chi connectivity index (χ0n) is 16.6. The Morgan fingerprint density at radius 2 is 2.10 bits per heavy atom. The minimum absolute atomic E-state index is 0.00319. The van der Waals surface area contributed by atoms with E-state index in [2.05, 4.69) is 15.2 Å². The van der Waals surface area contributed by atoms with Crippen molar-refractivity contribution in [1.29, 1.82) is 0 Å². The number of halogens is 1. The highest BCUT2D eigenvalue weighted by Crippen LogP contribution is 2.23. The molecule has 0 aliphatic carbocycles. The lowest BCUT2D eigenvalue weighted by molar-refractivity contribution is 0.0661. The molecule has 0 N–H and O–H groups in total. The number of nitrogens with zero attached hydrogens (tertiary/aromatic N) is 5. The molecule has 1 fully saturated rings. The molecule has 0 radical (unpaired) electrons. The molecule has 1 amide bonds. The van der Waals surface area contributed by atoms with E-state index in [0.29, 0.717) is 35.3 Å². The number of aromatic nitrogens is 4. The molecule has 7 nitrogen and oxygen atoms in total. The summed E-state index contributed by atoms with van der Waals surface area (Å²) in [5.41, 5.74) is 2.17. The summed E-state index contributed by atoms with van der Waals surface area (Å²) in [6.07, 6.45) is 3.62. The Labute approximate surface area is 168 Å². The van der Waals surface area contributed by atoms with Gasteiger partial charge in [0.15, 0.2) is 11.5 Å². The summed E-state index contributed by atoms with van der Waals surface area (Å²) in [5, 5.41) is 8.35. The first kappa shape index (κ1) is 19.3. The molecule has 4 rings (SSSR count). The van der Waals surface area contributed by atoms with Gasteiger partial charge in [0.25, 0.3) is 11.8 Å². The standard InChI is InChI=1S/C21H24FN5O2/c1-14-12-18(24-26(14)2)21(28)27-11-3-4-15(13-27)5-10-19-23-20(29-25-19)16-6-8-17(22)9-7-16/h6-9,12,15H,3-5,10-11,13H2,1-2H3. The van der Waals surface area contributed by atoms with Crippen LogP contribution in [-0.4, -0.2) is 43.8 Å². The van der Waals surface area contributed by atoms with Crippen LogP contribution in [0.5, 0.6) is 0 Å². The molecule has 152 valence electrons. The highest BCUT2D eigenvalue weighted by Gasteiger charge is 2.26. The molecule has 2 aromatic heterocycles. The first-order chi connectivity index (χ1) is 14.0. The van der Waals surface area contributed by atoms with E-state index in [9.17, 15) is 9.18 Å². The number of benzene rings is 1. The fourth-order valence-corrected chi connectivity index (χ4v) is 3.71. The molecule has 1 saturated heterocycles. The second-order valence-corrected chi connectivity index (χ2v) is 7.62. The predicted molar refractivity (Wildman–Crippen MR) is 105 cm³/mol. The number of piperidine rings is 1. The third-order valence-corrected chi connectivity index (χ3v) is 5.47. The Bertz CT molecular complexity index is 975. The van der Waals surface area contributed by atoms with Crippen LogP contribution in [0.25, 0.3) is 11.5 Å². The maximum Gasteiger partial charge on any atom is 0.274 e. The van der Waals surface area contributed by atoms with Gasteiger partial charge in [0.1, 0.15) is 5.82 Å². The quantitative estimate of drug-likeness (QED) is 0.659. The molecule has 29 heavy (non-hydrogen) atoms. The van der Waals surface area contributed by atoms with Gasteiger partial charge < -0.3 is 9.42 Å². The van der Waals surface area contributed by atoms with Crippen LogP contribution >= 0.6 is 0 Å². The monoisotopic (exact) mass is 397 g/mol. The summed E-state index contributed by atoms with van der Waals surface area (Å²) in [4.78, 5) is 19.1. The van der Waals surface area contributed by atoms with Crippen LogP contribution in [0.15, 0.2) is 34.9 Å². The minimum atomic E-state index is -0.300. The fourth-order valence-electron chi connectivity index (χ4n) is 3.71. The SMILES string of the molecule is Cc1cc(C(=O)N2CCCC(CCc3noc(-c4ccc(F)cc4)n3)C2)nn1C. The van der Waals surface area contributed by atoms with Crippen molar-refractivity contribution in [2.75, 3.05) is 13.1 Å². The van der Waals surface area contributed by atoms with Crippen LogP contribution in [0.1, 0.15) is 41.3 Å². The van der Waals surface area contributed by atoms with Crippen molar-refractivity contribution < 1.29 is 13.7 Å². The second kappa shape index (κ2) is 8.14. The van der Waals surface area contributed by atoms with Gasteiger partial charge in [-0.25, -0.2) is 4.39 Å². The maximum atomic E-state index is 13.1. The molecule has 1 aliphatic heterocycles. The second-order valence-electron chi connectivity index (χ2n) is 7.62. The van der Waals surface area contributed by atoms with Crippen LogP contribution in [0.3, 0.4) is 0 Å². The van der Waals surface area contributed by atoms with Crippen molar-refractivity contribution in [3.05, 3.63) is 53.4 Å².